The average Bonchev–Trinajstić information content (AvgIpc) is 3.05. The smallest absolute Gasteiger partial charge is 0.347 e. The fraction of sp³-hybridized carbons (Fsp3) is 0.375. The van der Waals surface area contributed by atoms with Gasteiger partial charge in [0, 0.05) is 24.6 Å². The number of ether oxygens (including phenoxy) is 1. The molecule has 0 aliphatic rings. The standard InChI is InChI=1S/C24H27F2N3O4/c1-4-28-21(27-29(23(28)32)15-17-10-11-18(25)14-20(17)26)7-5-6-16-8-12-19(13-9-16)33-24(2,3)22(30)31/h8-14H,4-7,15H2,1-3H3,(H,30,31). The quantitative estimate of drug-likeness (QED) is 0.498. The van der Waals surface area contributed by atoms with Gasteiger partial charge < -0.3 is 9.84 Å². The first-order valence-corrected chi connectivity index (χ1v) is 10.7. The molecule has 0 spiro atoms. The largest absolute Gasteiger partial charge is 0.478 e. The summed E-state index contributed by atoms with van der Waals surface area (Å²) in [6, 6.07) is 10.5. The van der Waals surface area contributed by atoms with Crippen molar-refractivity contribution in [1.82, 2.24) is 14.3 Å². The molecule has 0 radical (unpaired) electrons. The van der Waals surface area contributed by atoms with Gasteiger partial charge in [-0.05, 0) is 57.4 Å². The molecule has 33 heavy (non-hydrogen) atoms. The van der Waals surface area contributed by atoms with Gasteiger partial charge in [-0.25, -0.2) is 23.1 Å². The zero-order valence-electron chi connectivity index (χ0n) is 18.8. The first kappa shape index (κ1) is 24.2. The number of aryl methyl sites for hydroxylation is 2. The first-order valence-electron chi connectivity index (χ1n) is 10.7. The fourth-order valence-corrected chi connectivity index (χ4v) is 3.42. The van der Waals surface area contributed by atoms with Crippen LogP contribution in [-0.4, -0.2) is 31.0 Å². The number of benzene rings is 2. The molecule has 2 aromatic carbocycles. The molecule has 3 rings (SSSR count). The maximum atomic E-state index is 14.0. The Bertz CT molecular complexity index is 1180. The van der Waals surface area contributed by atoms with E-state index in [0.29, 0.717) is 24.5 Å². The highest BCUT2D eigenvalue weighted by atomic mass is 19.1. The molecule has 1 N–H and O–H groups in total. The zero-order valence-corrected chi connectivity index (χ0v) is 18.8. The van der Waals surface area contributed by atoms with Crippen molar-refractivity contribution >= 4 is 5.97 Å². The van der Waals surface area contributed by atoms with Gasteiger partial charge in [0.25, 0.3) is 0 Å². The third-order valence-electron chi connectivity index (χ3n) is 5.33. The number of aliphatic carboxylic acids is 1. The monoisotopic (exact) mass is 459 g/mol. The van der Waals surface area contributed by atoms with Crippen molar-refractivity contribution in [3.63, 3.8) is 0 Å². The van der Waals surface area contributed by atoms with Gasteiger partial charge in [-0.2, -0.15) is 5.10 Å². The zero-order chi connectivity index (χ0) is 24.2. The molecule has 9 heteroatoms. The highest BCUT2D eigenvalue weighted by Crippen LogP contribution is 2.20. The molecule has 0 atom stereocenters. The van der Waals surface area contributed by atoms with Crippen LogP contribution in [0.5, 0.6) is 5.75 Å². The lowest BCUT2D eigenvalue weighted by molar-refractivity contribution is -0.152. The SMILES string of the molecule is CCn1c(CCCc2ccc(OC(C)(C)C(=O)O)cc2)nn(Cc2ccc(F)cc2F)c1=O. The number of rotatable bonds is 10. The number of aromatic nitrogens is 3. The predicted molar refractivity (Wildman–Crippen MR) is 118 cm³/mol. The Morgan fingerprint density at radius 2 is 1.82 bits per heavy atom. The Labute approximate surface area is 190 Å². The van der Waals surface area contributed by atoms with Crippen LogP contribution in [0.25, 0.3) is 0 Å². The second kappa shape index (κ2) is 9.97. The summed E-state index contributed by atoms with van der Waals surface area (Å²) in [5, 5.41) is 13.5. The van der Waals surface area contributed by atoms with Gasteiger partial charge in [0.05, 0.1) is 6.54 Å². The minimum Gasteiger partial charge on any atom is -0.478 e. The Hall–Kier alpha value is -3.49. The van der Waals surface area contributed by atoms with Crippen molar-refractivity contribution in [1.29, 1.82) is 0 Å². The molecule has 0 saturated heterocycles. The molecule has 0 unspecified atom stereocenters. The minimum absolute atomic E-state index is 0.0703. The second-order valence-electron chi connectivity index (χ2n) is 8.25. The van der Waals surface area contributed by atoms with E-state index in [1.165, 1.54) is 24.6 Å². The lowest BCUT2D eigenvalue weighted by Crippen LogP contribution is -2.37. The molecule has 0 amide bonds. The molecule has 1 heterocycles. The lowest BCUT2D eigenvalue weighted by Gasteiger charge is -2.21. The summed E-state index contributed by atoms with van der Waals surface area (Å²) in [4.78, 5) is 23.8. The van der Waals surface area contributed by atoms with Gasteiger partial charge in [-0.15, -0.1) is 0 Å². The summed E-state index contributed by atoms with van der Waals surface area (Å²) in [5.74, 6) is -1.36. The van der Waals surface area contributed by atoms with E-state index in [0.717, 1.165) is 30.5 Å². The van der Waals surface area contributed by atoms with Crippen LogP contribution in [-0.2, 0) is 30.7 Å². The normalized spacial score (nSPS) is 11.5. The minimum atomic E-state index is -1.32. The van der Waals surface area contributed by atoms with Gasteiger partial charge in [0.1, 0.15) is 23.2 Å². The van der Waals surface area contributed by atoms with Gasteiger partial charge >= 0.3 is 11.7 Å². The number of halogens is 2. The number of nitrogens with zero attached hydrogens (tertiary/aromatic N) is 3. The second-order valence-corrected chi connectivity index (χ2v) is 8.25. The van der Waals surface area contributed by atoms with Gasteiger partial charge in [-0.3, -0.25) is 4.57 Å². The highest BCUT2D eigenvalue weighted by molar-refractivity contribution is 5.76. The number of carboxylic acids is 1. The van der Waals surface area contributed by atoms with E-state index in [2.05, 4.69) is 5.10 Å². The third kappa shape index (κ3) is 5.85. The fourth-order valence-electron chi connectivity index (χ4n) is 3.42. The van der Waals surface area contributed by atoms with Crippen LogP contribution in [0.2, 0.25) is 0 Å². The Morgan fingerprint density at radius 3 is 2.42 bits per heavy atom. The summed E-state index contributed by atoms with van der Waals surface area (Å²) in [7, 11) is 0. The number of hydrogen-bond acceptors (Lipinski definition) is 4. The average molecular weight is 459 g/mol. The van der Waals surface area contributed by atoms with E-state index in [-0.39, 0.29) is 17.8 Å². The van der Waals surface area contributed by atoms with Gasteiger partial charge in [-0.1, -0.05) is 18.2 Å². The highest BCUT2D eigenvalue weighted by Gasteiger charge is 2.29. The van der Waals surface area contributed by atoms with Crippen LogP contribution in [0, 0.1) is 11.6 Å². The summed E-state index contributed by atoms with van der Waals surface area (Å²) < 4.78 is 35.4. The molecule has 0 aliphatic carbocycles. The van der Waals surface area contributed by atoms with Crippen molar-refractivity contribution in [3.8, 4) is 5.75 Å². The third-order valence-corrected chi connectivity index (χ3v) is 5.33. The maximum absolute atomic E-state index is 14.0. The summed E-state index contributed by atoms with van der Waals surface area (Å²) in [5.41, 5.74) is -0.423. The molecule has 0 saturated carbocycles. The Morgan fingerprint density at radius 1 is 1.12 bits per heavy atom. The number of carbonyl (C=O) groups is 1. The number of hydrogen-bond donors (Lipinski definition) is 1. The van der Waals surface area contributed by atoms with Crippen LogP contribution < -0.4 is 10.4 Å². The predicted octanol–water partition coefficient (Wildman–Crippen LogP) is 3.81. The van der Waals surface area contributed by atoms with Gasteiger partial charge in [0.2, 0.25) is 0 Å². The van der Waals surface area contributed by atoms with Crippen molar-refractivity contribution < 1.29 is 23.4 Å². The molecule has 3 aromatic rings. The Kier molecular flexibility index (Phi) is 7.30. The van der Waals surface area contributed by atoms with E-state index in [9.17, 15) is 18.4 Å². The van der Waals surface area contributed by atoms with Crippen molar-refractivity contribution in [3.05, 3.63) is 81.5 Å². The van der Waals surface area contributed by atoms with E-state index < -0.39 is 23.2 Å². The van der Waals surface area contributed by atoms with E-state index in [4.69, 9.17) is 9.84 Å². The van der Waals surface area contributed by atoms with Crippen LogP contribution >= 0.6 is 0 Å². The van der Waals surface area contributed by atoms with Crippen LogP contribution in [0.3, 0.4) is 0 Å². The molecule has 1 aromatic heterocycles. The topological polar surface area (TPSA) is 86.3 Å². The Balaban J connectivity index is 1.64. The molecule has 0 fully saturated rings. The molecule has 0 aliphatic heterocycles. The van der Waals surface area contributed by atoms with Crippen molar-refractivity contribution in [2.75, 3.05) is 0 Å². The molecular weight excluding hydrogens is 432 g/mol. The number of carboxylic acid groups (broad SMARTS) is 1. The molecular formula is C24H27F2N3O4. The van der Waals surface area contributed by atoms with Crippen LogP contribution in [0.1, 0.15) is 44.1 Å². The van der Waals surface area contributed by atoms with Crippen molar-refractivity contribution in [2.24, 2.45) is 0 Å². The molecule has 176 valence electrons. The summed E-state index contributed by atoms with van der Waals surface area (Å²) >= 11 is 0. The van der Waals surface area contributed by atoms with E-state index >= 15 is 0 Å². The lowest BCUT2D eigenvalue weighted by atomic mass is 10.1. The summed E-state index contributed by atoms with van der Waals surface area (Å²) in [6.45, 7) is 5.18. The van der Waals surface area contributed by atoms with Crippen LogP contribution in [0.15, 0.2) is 47.3 Å². The maximum Gasteiger partial charge on any atom is 0.347 e. The van der Waals surface area contributed by atoms with Gasteiger partial charge in [0.15, 0.2) is 5.60 Å². The van der Waals surface area contributed by atoms with Crippen molar-refractivity contribution in [2.45, 2.75) is 58.7 Å². The summed E-state index contributed by atoms with van der Waals surface area (Å²) in [6.07, 6.45) is 1.99. The van der Waals surface area contributed by atoms with E-state index in [1.54, 1.807) is 16.7 Å². The molecule has 0 bridgehead atoms. The van der Waals surface area contributed by atoms with E-state index in [1.807, 2.05) is 19.1 Å². The van der Waals surface area contributed by atoms with Crippen LogP contribution in [0.4, 0.5) is 8.78 Å². The first-order chi connectivity index (χ1) is 15.6. The molecule has 7 nitrogen and oxygen atoms in total.